The molecule has 2 rings (SSSR count). The Balaban J connectivity index is 2.73. The van der Waals surface area contributed by atoms with Crippen LogP contribution in [0.5, 0.6) is 0 Å². The molecule has 23 heavy (non-hydrogen) atoms. The Hall–Kier alpha value is -1.39. The quantitative estimate of drug-likeness (QED) is 0.770. The minimum Gasteiger partial charge on any atom is -0.228 e. The molecule has 1 fully saturated rings. The van der Waals surface area contributed by atoms with Crippen molar-refractivity contribution in [3.63, 3.8) is 0 Å². The van der Waals surface area contributed by atoms with E-state index in [4.69, 9.17) is 5.26 Å². The fourth-order valence-corrected chi connectivity index (χ4v) is 9.44. The zero-order valence-corrected chi connectivity index (χ0v) is 15.3. The van der Waals surface area contributed by atoms with Gasteiger partial charge >= 0.3 is 0 Å². The van der Waals surface area contributed by atoms with Gasteiger partial charge in [-0.15, -0.1) is 0 Å². The highest BCUT2D eigenvalue weighted by atomic mass is 32.3. The summed E-state index contributed by atoms with van der Waals surface area (Å²) in [6.45, 7) is 7.18. The van der Waals surface area contributed by atoms with Gasteiger partial charge in [-0.25, -0.2) is 16.8 Å². The van der Waals surface area contributed by atoms with Crippen molar-refractivity contribution in [2.45, 2.75) is 32.4 Å². The van der Waals surface area contributed by atoms with Crippen molar-refractivity contribution in [2.75, 3.05) is 10.8 Å². The number of hydrogen-bond acceptors (Lipinski definition) is 5. The van der Waals surface area contributed by atoms with Crippen LogP contribution in [0.2, 0.25) is 0 Å². The first-order chi connectivity index (χ1) is 10.3. The molecule has 0 saturated carbocycles. The van der Waals surface area contributed by atoms with E-state index in [1.165, 1.54) is 0 Å². The van der Waals surface area contributed by atoms with E-state index >= 15 is 0 Å². The van der Waals surface area contributed by atoms with Crippen LogP contribution in [0.3, 0.4) is 0 Å². The van der Waals surface area contributed by atoms with Gasteiger partial charge in [0, 0.05) is 5.92 Å². The van der Waals surface area contributed by atoms with Crippen LogP contribution in [0.15, 0.2) is 24.3 Å². The summed E-state index contributed by atoms with van der Waals surface area (Å²) < 4.78 is 48.7. The molecule has 2 atom stereocenters. The fourth-order valence-electron chi connectivity index (χ4n) is 3.37. The van der Waals surface area contributed by atoms with E-state index in [9.17, 15) is 16.8 Å². The fraction of sp³-hybridized carbons (Fsp3) is 0.562. The van der Waals surface area contributed by atoms with E-state index in [0.29, 0.717) is 11.1 Å². The van der Waals surface area contributed by atoms with Crippen molar-refractivity contribution in [2.24, 2.45) is 11.3 Å². The molecule has 1 heterocycles. The zero-order valence-electron chi connectivity index (χ0n) is 13.7. The Kier molecular flexibility index (Phi) is 4.15. The molecule has 1 aliphatic rings. The van der Waals surface area contributed by atoms with E-state index in [0.717, 1.165) is 0 Å². The summed E-state index contributed by atoms with van der Waals surface area (Å²) in [4.78, 5) is 0. The second kappa shape index (κ2) is 5.32. The lowest BCUT2D eigenvalue weighted by Gasteiger charge is -2.47. The summed E-state index contributed by atoms with van der Waals surface area (Å²) in [5, 5.41) is 8.08. The van der Waals surface area contributed by atoms with Gasteiger partial charge in [-0.2, -0.15) is 5.26 Å². The van der Waals surface area contributed by atoms with Gasteiger partial charge in [0.05, 0.1) is 22.1 Å². The van der Waals surface area contributed by atoms with E-state index in [2.05, 4.69) is 0 Å². The van der Waals surface area contributed by atoms with Crippen LogP contribution in [-0.4, -0.2) is 27.7 Å². The number of sulfone groups is 2. The van der Waals surface area contributed by atoms with Crippen LogP contribution in [-0.2, 0) is 24.4 Å². The predicted octanol–water partition coefficient (Wildman–Crippen LogP) is 2.24. The molecule has 0 N–H and O–H groups in total. The normalized spacial score (nSPS) is 29.6. The summed E-state index contributed by atoms with van der Waals surface area (Å²) >= 11 is 0. The Bertz CT molecular complexity index is 856. The third kappa shape index (κ3) is 3.02. The minimum atomic E-state index is -3.91. The molecule has 0 aromatic heterocycles. The molecule has 0 radical (unpaired) electrons. The van der Waals surface area contributed by atoms with Gasteiger partial charge < -0.3 is 0 Å². The number of nitriles is 1. The number of nitrogens with zero attached hydrogens (tertiary/aromatic N) is 1. The Morgan fingerprint density at radius 2 is 1.65 bits per heavy atom. The largest absolute Gasteiger partial charge is 0.228 e. The second-order valence-corrected chi connectivity index (χ2v) is 12.2. The molecule has 7 heteroatoms. The molecule has 0 amide bonds. The van der Waals surface area contributed by atoms with Crippen molar-refractivity contribution in [3.05, 3.63) is 35.4 Å². The van der Waals surface area contributed by atoms with E-state index in [1.807, 2.05) is 26.8 Å². The lowest BCUT2D eigenvalue weighted by atomic mass is 9.72. The molecule has 5 nitrogen and oxygen atoms in total. The Labute approximate surface area is 138 Å². The van der Waals surface area contributed by atoms with Crippen molar-refractivity contribution in [3.8, 4) is 6.07 Å². The van der Waals surface area contributed by atoms with Gasteiger partial charge in [0.1, 0.15) is 0 Å². The Morgan fingerprint density at radius 1 is 1.13 bits per heavy atom. The standard InChI is InChI=1S/C16H21NO4S2/c1-15(2,3)14-10-22(18,19)11-23(20,21)16(14,4)13-7-5-12(9-17)6-8-13/h5-8,14H,10-11H2,1-4H3. The summed E-state index contributed by atoms with van der Waals surface area (Å²) in [6.07, 6.45) is 0. The van der Waals surface area contributed by atoms with Crippen molar-refractivity contribution >= 4 is 19.7 Å². The van der Waals surface area contributed by atoms with Gasteiger partial charge in [0.25, 0.3) is 0 Å². The summed E-state index contributed by atoms with van der Waals surface area (Å²) in [7, 11) is -7.56. The van der Waals surface area contributed by atoms with Crippen LogP contribution in [0.1, 0.15) is 38.8 Å². The first-order valence-corrected chi connectivity index (χ1v) is 10.7. The number of rotatable bonds is 1. The highest BCUT2D eigenvalue weighted by Crippen LogP contribution is 2.50. The van der Waals surface area contributed by atoms with E-state index in [-0.39, 0.29) is 5.75 Å². The molecule has 2 unspecified atom stereocenters. The van der Waals surface area contributed by atoms with Gasteiger partial charge in [-0.3, -0.25) is 0 Å². The Morgan fingerprint density at radius 3 is 2.09 bits per heavy atom. The third-order valence-electron chi connectivity index (χ3n) is 4.70. The van der Waals surface area contributed by atoms with E-state index in [1.54, 1.807) is 31.2 Å². The summed E-state index contributed by atoms with van der Waals surface area (Å²) in [5.41, 5.74) is 0.459. The monoisotopic (exact) mass is 355 g/mol. The van der Waals surface area contributed by atoms with Crippen molar-refractivity contribution in [1.82, 2.24) is 0 Å². The zero-order chi connectivity index (χ0) is 17.7. The molecule has 1 saturated heterocycles. The van der Waals surface area contributed by atoms with Crippen molar-refractivity contribution in [1.29, 1.82) is 5.26 Å². The number of hydrogen-bond donors (Lipinski definition) is 0. The highest BCUT2D eigenvalue weighted by Gasteiger charge is 2.57. The van der Waals surface area contributed by atoms with Crippen LogP contribution in [0, 0.1) is 22.7 Å². The van der Waals surface area contributed by atoms with Gasteiger partial charge in [-0.1, -0.05) is 32.9 Å². The van der Waals surface area contributed by atoms with Crippen LogP contribution >= 0.6 is 0 Å². The van der Waals surface area contributed by atoms with Gasteiger partial charge in [-0.05, 0) is 30.0 Å². The molecule has 1 aliphatic heterocycles. The topological polar surface area (TPSA) is 92.1 Å². The van der Waals surface area contributed by atoms with Gasteiger partial charge in [0.2, 0.25) is 0 Å². The summed E-state index contributed by atoms with van der Waals surface area (Å²) in [6, 6.07) is 8.37. The molecule has 1 aromatic carbocycles. The molecule has 126 valence electrons. The first-order valence-electron chi connectivity index (χ1n) is 7.27. The smallest absolute Gasteiger partial charge is 0.174 e. The van der Waals surface area contributed by atoms with Crippen LogP contribution in [0.25, 0.3) is 0 Å². The van der Waals surface area contributed by atoms with Crippen LogP contribution in [0.4, 0.5) is 0 Å². The minimum absolute atomic E-state index is 0.160. The average molecular weight is 355 g/mol. The molecule has 0 spiro atoms. The maximum atomic E-state index is 12.9. The average Bonchev–Trinajstić information content (AvgIpc) is 2.40. The first kappa shape index (κ1) is 18.0. The SMILES string of the molecule is CC(C)(C)C1CS(=O)(=O)CS(=O)(=O)C1(C)c1ccc(C#N)cc1. The van der Waals surface area contributed by atoms with E-state index < -0.39 is 40.8 Å². The van der Waals surface area contributed by atoms with Crippen molar-refractivity contribution < 1.29 is 16.8 Å². The highest BCUT2D eigenvalue weighted by molar-refractivity contribution is 8.09. The molecule has 0 aliphatic carbocycles. The lowest BCUT2D eigenvalue weighted by Crippen LogP contribution is -2.55. The molecular weight excluding hydrogens is 334 g/mol. The number of benzene rings is 1. The molecular formula is C16H21NO4S2. The maximum absolute atomic E-state index is 12.9. The maximum Gasteiger partial charge on any atom is 0.174 e. The third-order valence-corrected chi connectivity index (χ3v) is 10.0. The molecule has 0 bridgehead atoms. The van der Waals surface area contributed by atoms with Crippen LogP contribution < -0.4 is 0 Å². The predicted molar refractivity (Wildman–Crippen MR) is 89.0 cm³/mol. The summed E-state index contributed by atoms with van der Waals surface area (Å²) in [5.74, 6) is -0.738. The molecule has 1 aromatic rings. The lowest BCUT2D eigenvalue weighted by molar-refractivity contribution is 0.203. The second-order valence-electron chi connectivity index (χ2n) is 7.36. The van der Waals surface area contributed by atoms with Gasteiger partial charge in [0.15, 0.2) is 24.8 Å².